The molecule has 1 amide bonds. The summed E-state index contributed by atoms with van der Waals surface area (Å²) in [5.41, 5.74) is 4.38. The molecular weight excluding hydrogens is 485 g/mol. The molecule has 1 N–H and O–H groups in total. The number of benzene rings is 3. The first kappa shape index (κ1) is 28.0. The molecule has 4 aromatic rings. The van der Waals surface area contributed by atoms with Gasteiger partial charge in [-0.1, -0.05) is 24.3 Å². The minimum Gasteiger partial charge on any atom is -0.550 e. The highest BCUT2D eigenvalue weighted by atomic mass is 19.1. The number of nitrogens with zero attached hydrogens (tertiary/aromatic N) is 2. The van der Waals surface area contributed by atoms with E-state index < -0.39 is 5.97 Å². The van der Waals surface area contributed by atoms with Crippen LogP contribution >= 0.6 is 0 Å². The topological polar surface area (TPSA) is 91.3 Å². The predicted molar refractivity (Wildman–Crippen MR) is 144 cm³/mol. The highest BCUT2D eigenvalue weighted by molar-refractivity contribution is 5.93. The number of nitrogens with one attached hydrogen (secondary N) is 1. The largest absolute Gasteiger partial charge is 0.550 e. The van der Waals surface area contributed by atoms with Crippen molar-refractivity contribution in [1.82, 2.24) is 14.8 Å². The second-order valence-corrected chi connectivity index (χ2v) is 9.36. The Morgan fingerprint density at radius 1 is 0.868 bits per heavy atom. The van der Waals surface area contributed by atoms with Gasteiger partial charge in [-0.15, -0.1) is 0 Å². The number of quaternary nitrogens is 1. The number of rotatable bonds is 7. The van der Waals surface area contributed by atoms with Crippen molar-refractivity contribution in [2.75, 3.05) is 21.1 Å². The number of aromatic nitrogens is 1. The summed E-state index contributed by atoms with van der Waals surface area (Å²) in [7, 11) is 6.34. The first-order valence-electron chi connectivity index (χ1n) is 11.9. The van der Waals surface area contributed by atoms with Crippen molar-refractivity contribution >= 4 is 17.6 Å². The van der Waals surface area contributed by atoms with Crippen LogP contribution in [0.3, 0.4) is 0 Å². The fourth-order valence-corrected chi connectivity index (χ4v) is 3.42. The average molecular weight is 516 g/mol. The molecule has 0 spiro atoms. The Labute approximate surface area is 221 Å². The van der Waals surface area contributed by atoms with E-state index in [0.717, 1.165) is 28.1 Å². The number of pyridine rings is 1. The van der Waals surface area contributed by atoms with Crippen molar-refractivity contribution in [3.8, 4) is 22.6 Å². The maximum absolute atomic E-state index is 13.1. The monoisotopic (exact) mass is 515 g/mol. The van der Waals surface area contributed by atoms with E-state index in [1.165, 1.54) is 17.8 Å². The van der Waals surface area contributed by atoms with E-state index in [2.05, 4.69) is 43.6 Å². The third-order valence-electron chi connectivity index (χ3n) is 5.39. The van der Waals surface area contributed by atoms with Gasteiger partial charge >= 0.3 is 0 Å². The molecule has 8 heteroatoms. The lowest BCUT2D eigenvalue weighted by atomic mass is 10.1. The fourth-order valence-electron chi connectivity index (χ4n) is 3.42. The van der Waals surface area contributed by atoms with Gasteiger partial charge in [0.2, 0.25) is 0 Å². The van der Waals surface area contributed by atoms with Crippen LogP contribution < -0.4 is 19.6 Å². The Bertz CT molecular complexity index is 1360. The molecule has 1 aromatic heterocycles. The first-order valence-corrected chi connectivity index (χ1v) is 11.9. The summed E-state index contributed by atoms with van der Waals surface area (Å²) >= 11 is 0. The Morgan fingerprint density at radius 2 is 1.42 bits per heavy atom. The van der Waals surface area contributed by atoms with Crippen LogP contribution in [-0.2, 0) is 11.3 Å². The molecule has 0 radical (unpaired) electrons. The van der Waals surface area contributed by atoms with Crippen molar-refractivity contribution in [3.63, 3.8) is 0 Å². The molecule has 0 aliphatic rings. The molecule has 0 saturated heterocycles. The highest BCUT2D eigenvalue weighted by Crippen LogP contribution is 2.26. The van der Waals surface area contributed by atoms with Crippen molar-refractivity contribution < 1.29 is 23.8 Å². The van der Waals surface area contributed by atoms with Crippen LogP contribution in [-0.4, -0.2) is 38.0 Å². The molecule has 0 fully saturated rings. The standard InChI is InChI=1S/C28H26FN3O2.C2H4O2/c1-32(2,3)24-10-4-20(5-11-24)19-31-28(33)27-18-22(16-17-30-27)21-6-12-25(13-7-21)34-26-14-8-23(29)9-15-26;1-2(3)4/h4-18H,19H2,1-3H3;1H3,(H,3,4). The van der Waals surface area contributed by atoms with Gasteiger partial charge in [-0.2, -0.15) is 0 Å². The van der Waals surface area contributed by atoms with Crippen molar-refractivity contribution in [2.45, 2.75) is 13.5 Å². The van der Waals surface area contributed by atoms with Gasteiger partial charge < -0.3 is 20.0 Å². The summed E-state index contributed by atoms with van der Waals surface area (Å²) < 4.78 is 19.5. The summed E-state index contributed by atoms with van der Waals surface area (Å²) in [6, 6.07) is 25.2. The number of hydrogen-bond acceptors (Lipinski definition) is 5. The van der Waals surface area contributed by atoms with E-state index >= 15 is 0 Å². The van der Waals surface area contributed by atoms with Crippen LogP contribution in [0, 0.1) is 5.82 Å². The minimum absolute atomic E-state index is 0.228. The summed E-state index contributed by atoms with van der Waals surface area (Å²) in [5.74, 6) is -0.422. The lowest BCUT2D eigenvalue weighted by molar-refractivity contribution is -0.302. The number of ether oxygens (including phenoxy) is 1. The highest BCUT2D eigenvalue weighted by Gasteiger charge is 2.12. The van der Waals surface area contributed by atoms with E-state index in [1.807, 2.05) is 42.5 Å². The average Bonchev–Trinajstić information content (AvgIpc) is 2.88. The lowest BCUT2D eigenvalue weighted by Gasteiger charge is -2.23. The summed E-state index contributed by atoms with van der Waals surface area (Å²) in [5, 5.41) is 11.8. The number of carboxylic acid groups (broad SMARTS) is 1. The number of halogens is 1. The number of aliphatic carboxylic acids is 1. The number of carboxylic acids is 1. The van der Waals surface area contributed by atoms with Crippen LogP contribution in [0.1, 0.15) is 23.0 Å². The maximum atomic E-state index is 13.1. The predicted octanol–water partition coefficient (Wildman–Crippen LogP) is 4.56. The molecule has 7 nitrogen and oxygen atoms in total. The zero-order chi connectivity index (χ0) is 27.7. The first-order chi connectivity index (χ1) is 18.0. The van der Waals surface area contributed by atoms with Crippen LogP contribution in [0.15, 0.2) is 91.1 Å². The van der Waals surface area contributed by atoms with Crippen molar-refractivity contribution in [2.24, 2.45) is 0 Å². The van der Waals surface area contributed by atoms with E-state index in [9.17, 15) is 9.18 Å². The Hall–Kier alpha value is -4.56. The van der Waals surface area contributed by atoms with Gasteiger partial charge in [0.05, 0.1) is 21.1 Å². The Kier molecular flexibility index (Phi) is 9.29. The molecule has 0 bridgehead atoms. The van der Waals surface area contributed by atoms with Crippen molar-refractivity contribution in [1.29, 1.82) is 0 Å². The van der Waals surface area contributed by atoms with Crippen LogP contribution in [0.5, 0.6) is 11.5 Å². The Morgan fingerprint density at radius 3 is 1.97 bits per heavy atom. The minimum atomic E-state index is -1.08. The number of carbonyl (C=O) groups excluding carboxylic acids is 2. The second kappa shape index (κ2) is 12.6. The Balaban J connectivity index is 0.000000934. The SMILES string of the molecule is CC(=O)[O-].C[N+](C)(C)c1ccc(CNC(=O)c2cc(-c3ccc(Oc4ccc(F)cc4)cc3)ccn2)cc1. The number of hydrogen-bond donors (Lipinski definition) is 1. The third-order valence-corrected chi connectivity index (χ3v) is 5.39. The quantitative estimate of drug-likeness (QED) is 0.364. The lowest BCUT2D eigenvalue weighted by Crippen LogP contribution is -2.34. The molecular formula is C30H30FN3O4. The molecule has 196 valence electrons. The molecule has 4 rings (SSSR count). The zero-order valence-electron chi connectivity index (χ0n) is 21.8. The van der Waals surface area contributed by atoms with Gasteiger partial charge in [0.25, 0.3) is 5.91 Å². The molecule has 0 aliphatic heterocycles. The van der Waals surface area contributed by atoms with E-state index in [-0.39, 0.29) is 11.7 Å². The maximum Gasteiger partial charge on any atom is 0.270 e. The molecule has 0 unspecified atom stereocenters. The normalized spacial score (nSPS) is 10.7. The number of amides is 1. The fraction of sp³-hybridized carbons (Fsp3) is 0.167. The van der Waals surface area contributed by atoms with Gasteiger partial charge in [-0.25, -0.2) is 4.39 Å². The van der Waals surface area contributed by atoms with E-state index in [1.54, 1.807) is 24.4 Å². The van der Waals surface area contributed by atoms with E-state index in [0.29, 0.717) is 23.7 Å². The van der Waals surface area contributed by atoms with Gasteiger partial charge in [0, 0.05) is 18.7 Å². The van der Waals surface area contributed by atoms with Crippen LogP contribution in [0.25, 0.3) is 11.1 Å². The summed E-state index contributed by atoms with van der Waals surface area (Å²) in [6.45, 7) is 1.40. The zero-order valence-corrected chi connectivity index (χ0v) is 21.8. The van der Waals surface area contributed by atoms with Crippen LogP contribution in [0.4, 0.5) is 10.1 Å². The number of carbonyl (C=O) groups is 2. The van der Waals surface area contributed by atoms with Gasteiger partial charge in [0.1, 0.15) is 28.7 Å². The molecule has 3 aromatic carbocycles. The molecule has 1 heterocycles. The summed E-state index contributed by atoms with van der Waals surface area (Å²) in [6.07, 6.45) is 1.63. The summed E-state index contributed by atoms with van der Waals surface area (Å²) in [4.78, 5) is 25.8. The van der Waals surface area contributed by atoms with Crippen LogP contribution in [0.2, 0.25) is 0 Å². The molecule has 0 saturated carbocycles. The van der Waals surface area contributed by atoms with Gasteiger partial charge in [-0.05, 0) is 84.3 Å². The van der Waals surface area contributed by atoms with Crippen molar-refractivity contribution in [3.05, 3.63) is 108 Å². The molecule has 0 atom stereocenters. The smallest absolute Gasteiger partial charge is 0.270 e. The molecule has 38 heavy (non-hydrogen) atoms. The second-order valence-electron chi connectivity index (χ2n) is 9.36. The third kappa shape index (κ3) is 8.53. The van der Waals surface area contributed by atoms with Gasteiger partial charge in [-0.3, -0.25) is 14.3 Å². The molecule has 0 aliphatic carbocycles. The van der Waals surface area contributed by atoms with E-state index in [4.69, 9.17) is 14.6 Å². The van der Waals surface area contributed by atoms with Gasteiger partial charge in [0.15, 0.2) is 0 Å².